The van der Waals surface area contributed by atoms with E-state index in [9.17, 15) is 4.39 Å². The first-order chi connectivity index (χ1) is 4.22. The van der Waals surface area contributed by atoms with E-state index in [-0.39, 0.29) is 0 Å². The Bertz CT molecular complexity index is 129. The summed E-state index contributed by atoms with van der Waals surface area (Å²) < 4.78 is 11.4. The summed E-state index contributed by atoms with van der Waals surface area (Å²) in [5, 5.41) is 0. The Kier molecular flexibility index (Phi) is 4.75. The molecule has 0 saturated heterocycles. The molecular formula is C6H9FIN. The molecule has 2 N–H and O–H groups in total. The number of rotatable bonds is 2. The predicted octanol–water partition coefficient (Wildman–Crippen LogP) is 2.14. The Labute approximate surface area is 68.0 Å². The Morgan fingerprint density at radius 2 is 2.33 bits per heavy atom. The van der Waals surface area contributed by atoms with Crippen LogP contribution in [-0.2, 0) is 0 Å². The van der Waals surface area contributed by atoms with Crippen molar-refractivity contribution in [2.45, 2.75) is 11.1 Å². The third-order valence-electron chi connectivity index (χ3n) is 0.874. The first-order valence-corrected chi connectivity index (χ1v) is 3.79. The molecule has 0 aromatic rings. The Morgan fingerprint density at radius 3 is 2.44 bits per heavy atom. The van der Waals surface area contributed by atoms with Crippen LogP contribution in [0.2, 0.25) is 0 Å². The lowest BCUT2D eigenvalue weighted by atomic mass is 10.3. The fourth-order valence-electron chi connectivity index (χ4n) is 0.406. The van der Waals surface area contributed by atoms with E-state index in [1.165, 1.54) is 6.20 Å². The summed E-state index contributed by atoms with van der Waals surface area (Å²) in [5.41, 5.74) is 5.66. The monoisotopic (exact) mass is 241 g/mol. The molecule has 0 aromatic carbocycles. The van der Waals surface area contributed by atoms with Crippen molar-refractivity contribution in [3.63, 3.8) is 0 Å². The van der Waals surface area contributed by atoms with Crippen LogP contribution >= 0.6 is 22.6 Å². The van der Waals surface area contributed by atoms with Crippen molar-refractivity contribution in [1.82, 2.24) is 0 Å². The molecule has 0 aliphatic heterocycles. The summed E-state index contributed by atoms with van der Waals surface area (Å²) in [7, 11) is 0. The van der Waals surface area contributed by atoms with Crippen molar-refractivity contribution in [1.29, 1.82) is 0 Å². The van der Waals surface area contributed by atoms with Crippen LogP contribution in [0.3, 0.4) is 0 Å². The molecule has 0 aliphatic carbocycles. The number of halogens is 2. The van der Waals surface area contributed by atoms with Crippen molar-refractivity contribution < 1.29 is 4.39 Å². The van der Waals surface area contributed by atoms with Crippen molar-refractivity contribution in [2.75, 3.05) is 0 Å². The van der Waals surface area contributed by atoms with Crippen LogP contribution in [0.5, 0.6) is 0 Å². The van der Waals surface area contributed by atoms with Gasteiger partial charge in [0.1, 0.15) is 0 Å². The molecule has 0 amide bonds. The van der Waals surface area contributed by atoms with Gasteiger partial charge in [0.15, 0.2) is 4.18 Å². The van der Waals surface area contributed by atoms with Gasteiger partial charge in [-0.3, -0.25) is 0 Å². The lowest BCUT2D eigenvalue weighted by Crippen LogP contribution is -1.91. The first-order valence-electron chi connectivity index (χ1n) is 2.55. The van der Waals surface area contributed by atoms with Gasteiger partial charge >= 0.3 is 0 Å². The van der Waals surface area contributed by atoms with Gasteiger partial charge < -0.3 is 5.73 Å². The molecule has 0 fully saturated rings. The minimum atomic E-state index is -0.951. The summed E-state index contributed by atoms with van der Waals surface area (Å²) in [6, 6.07) is 0. The highest BCUT2D eigenvalue weighted by Crippen LogP contribution is 2.14. The molecule has 0 unspecified atom stereocenters. The van der Waals surface area contributed by atoms with Gasteiger partial charge in [-0.25, -0.2) is 4.39 Å². The van der Waals surface area contributed by atoms with Crippen LogP contribution in [-0.4, -0.2) is 4.18 Å². The van der Waals surface area contributed by atoms with E-state index in [0.717, 1.165) is 0 Å². The average Bonchev–Trinajstić information content (AvgIpc) is 1.82. The predicted molar refractivity (Wildman–Crippen MR) is 46.0 cm³/mol. The van der Waals surface area contributed by atoms with Gasteiger partial charge in [0, 0.05) is 0 Å². The molecule has 1 nitrogen and oxygen atoms in total. The third-order valence-corrected chi connectivity index (χ3v) is 1.59. The summed E-state index contributed by atoms with van der Waals surface area (Å²) in [4.78, 5) is 0. The van der Waals surface area contributed by atoms with Crippen LogP contribution in [0.4, 0.5) is 4.39 Å². The van der Waals surface area contributed by atoms with Crippen LogP contribution in [0.15, 0.2) is 23.9 Å². The minimum absolute atomic E-state index is 0.609. The zero-order chi connectivity index (χ0) is 7.28. The van der Waals surface area contributed by atoms with E-state index in [0.29, 0.717) is 5.57 Å². The van der Waals surface area contributed by atoms with E-state index < -0.39 is 4.18 Å². The SMILES string of the molecule is C/C=C(\C=C/N)[C@@H](F)I. The highest BCUT2D eigenvalue weighted by molar-refractivity contribution is 14.1. The lowest BCUT2D eigenvalue weighted by Gasteiger charge is -1.97. The largest absolute Gasteiger partial charge is 0.405 e. The zero-order valence-corrected chi connectivity index (χ0v) is 7.30. The fourth-order valence-corrected chi connectivity index (χ4v) is 0.973. The van der Waals surface area contributed by atoms with Crippen LogP contribution in [0, 0.1) is 0 Å². The number of hydrogen-bond acceptors (Lipinski definition) is 1. The van der Waals surface area contributed by atoms with Gasteiger partial charge in [0.2, 0.25) is 0 Å². The first kappa shape index (κ1) is 8.94. The normalized spacial score (nSPS) is 16.6. The topological polar surface area (TPSA) is 26.0 Å². The van der Waals surface area contributed by atoms with E-state index in [1.807, 2.05) is 0 Å². The Balaban J connectivity index is 4.01. The number of nitrogens with two attached hydrogens (primary N) is 1. The zero-order valence-electron chi connectivity index (χ0n) is 5.14. The standard InChI is InChI=1S/C6H9FIN/c1-2-5(3-4-9)6(7)8/h2-4,6H,9H2,1H3/b4-3-,5-2+/t6-/m0/s1. The van der Waals surface area contributed by atoms with Crippen molar-refractivity contribution in [3.8, 4) is 0 Å². The van der Waals surface area contributed by atoms with Gasteiger partial charge in [0.05, 0.1) is 0 Å². The molecule has 0 heterocycles. The summed E-state index contributed by atoms with van der Waals surface area (Å²) in [6.07, 6.45) is 4.58. The van der Waals surface area contributed by atoms with E-state index in [1.54, 1.807) is 41.7 Å². The third kappa shape index (κ3) is 3.51. The van der Waals surface area contributed by atoms with Gasteiger partial charge in [-0.1, -0.05) is 6.08 Å². The molecule has 0 radical (unpaired) electrons. The average molecular weight is 241 g/mol. The second kappa shape index (κ2) is 4.78. The smallest absolute Gasteiger partial charge is 0.175 e. The molecule has 0 aliphatic rings. The molecule has 0 aromatic heterocycles. The Morgan fingerprint density at radius 1 is 1.78 bits per heavy atom. The van der Waals surface area contributed by atoms with Crippen LogP contribution in [0.25, 0.3) is 0 Å². The Hall–Kier alpha value is -0.0600. The van der Waals surface area contributed by atoms with Crippen molar-refractivity contribution >= 4 is 22.6 Å². The van der Waals surface area contributed by atoms with Crippen LogP contribution in [0.1, 0.15) is 6.92 Å². The summed E-state index contributed by atoms with van der Waals surface area (Å²) in [5.74, 6) is 0. The highest BCUT2D eigenvalue weighted by Gasteiger charge is 2.01. The fraction of sp³-hybridized carbons (Fsp3) is 0.333. The molecule has 0 spiro atoms. The number of allylic oxidation sites excluding steroid dienone is 3. The maximum absolute atomic E-state index is 12.4. The molecular weight excluding hydrogens is 232 g/mol. The van der Waals surface area contributed by atoms with Crippen LogP contribution < -0.4 is 5.73 Å². The van der Waals surface area contributed by atoms with E-state index in [4.69, 9.17) is 5.73 Å². The number of hydrogen-bond donors (Lipinski definition) is 1. The molecule has 1 atom stereocenters. The van der Waals surface area contributed by atoms with E-state index in [2.05, 4.69) is 0 Å². The molecule has 3 heteroatoms. The second-order valence-electron chi connectivity index (χ2n) is 1.45. The molecule has 52 valence electrons. The van der Waals surface area contributed by atoms with Gasteiger partial charge in [-0.05, 0) is 47.4 Å². The van der Waals surface area contributed by atoms with Gasteiger partial charge in [-0.15, -0.1) is 0 Å². The van der Waals surface area contributed by atoms with Crippen molar-refractivity contribution in [3.05, 3.63) is 23.9 Å². The van der Waals surface area contributed by atoms with Gasteiger partial charge in [-0.2, -0.15) is 0 Å². The lowest BCUT2D eigenvalue weighted by molar-refractivity contribution is 0.526. The maximum Gasteiger partial charge on any atom is 0.175 e. The minimum Gasteiger partial charge on any atom is -0.405 e. The number of alkyl halides is 2. The summed E-state index contributed by atoms with van der Waals surface area (Å²) in [6.45, 7) is 1.78. The molecule has 0 bridgehead atoms. The van der Waals surface area contributed by atoms with Crippen molar-refractivity contribution in [2.24, 2.45) is 5.73 Å². The van der Waals surface area contributed by atoms with E-state index >= 15 is 0 Å². The second-order valence-corrected chi connectivity index (χ2v) is 2.54. The highest BCUT2D eigenvalue weighted by atomic mass is 127. The summed E-state index contributed by atoms with van der Waals surface area (Å²) >= 11 is 1.69. The molecule has 9 heavy (non-hydrogen) atoms. The molecule has 0 rings (SSSR count). The quantitative estimate of drug-likeness (QED) is 0.447. The van der Waals surface area contributed by atoms with Gasteiger partial charge in [0.25, 0.3) is 0 Å². The molecule has 0 saturated carbocycles. The maximum atomic E-state index is 12.4.